The van der Waals surface area contributed by atoms with Crippen molar-refractivity contribution in [1.29, 1.82) is 0 Å². The van der Waals surface area contributed by atoms with Gasteiger partial charge in [0.05, 0.1) is 5.69 Å². The van der Waals surface area contributed by atoms with Crippen molar-refractivity contribution in [2.24, 2.45) is 0 Å². The zero-order valence-electron chi connectivity index (χ0n) is 20.3. The Balaban J connectivity index is 1.51. The Kier molecular flexibility index (Phi) is 7.14. The lowest BCUT2D eigenvalue weighted by molar-refractivity contribution is -0.162. The summed E-state index contributed by atoms with van der Waals surface area (Å²) in [5, 5.41) is 3.70. The molecule has 4 heterocycles. The minimum absolute atomic E-state index is 0.179. The fourth-order valence-electron chi connectivity index (χ4n) is 4.59. The topological polar surface area (TPSA) is 79.7 Å². The molecule has 0 radical (unpaired) electrons. The fourth-order valence-corrected chi connectivity index (χ4v) is 5.34. The van der Waals surface area contributed by atoms with Crippen LogP contribution in [-0.2, 0) is 22.8 Å². The second kappa shape index (κ2) is 9.80. The molecule has 2 aromatic rings. The molecule has 2 aliphatic heterocycles. The summed E-state index contributed by atoms with van der Waals surface area (Å²) in [7, 11) is -1.19. The van der Waals surface area contributed by atoms with Gasteiger partial charge in [0, 0.05) is 63.7 Å². The Hall–Kier alpha value is -2.60. The highest BCUT2D eigenvalue weighted by atomic mass is 28.3. The predicted octanol–water partition coefficient (Wildman–Crippen LogP) is 4.32. The van der Waals surface area contributed by atoms with Crippen LogP contribution in [0.2, 0.25) is 25.7 Å². The van der Waals surface area contributed by atoms with Gasteiger partial charge in [-0.05, 0) is 25.0 Å². The number of halogens is 3. The van der Waals surface area contributed by atoms with E-state index >= 15 is 0 Å². The van der Waals surface area contributed by atoms with Crippen LogP contribution in [-0.4, -0.2) is 66.4 Å². The number of aromatic nitrogens is 2. The number of likely N-dealkylation sites (tertiary alicyclic amines) is 1. The molecule has 1 saturated heterocycles. The van der Waals surface area contributed by atoms with E-state index in [-0.39, 0.29) is 25.2 Å². The highest BCUT2D eigenvalue weighted by Crippen LogP contribution is 2.36. The van der Waals surface area contributed by atoms with E-state index in [0.29, 0.717) is 38.4 Å². The number of nitrogens with one attached hydrogen (secondary N) is 1. The lowest BCUT2D eigenvalue weighted by Gasteiger charge is -2.41. The molecule has 1 fully saturated rings. The largest absolute Gasteiger partial charge is 0.397 e. The van der Waals surface area contributed by atoms with Gasteiger partial charge in [-0.15, -0.1) is 0 Å². The zero-order valence-corrected chi connectivity index (χ0v) is 21.3. The van der Waals surface area contributed by atoms with E-state index in [1.807, 2.05) is 16.8 Å². The predicted molar refractivity (Wildman–Crippen MR) is 129 cm³/mol. The number of alkyl halides is 3. The number of rotatable bonds is 7. The molecule has 35 heavy (non-hydrogen) atoms. The number of piperidine rings is 1. The third-order valence-electron chi connectivity index (χ3n) is 6.49. The number of carbonyl (C=O) groups is 2. The quantitative estimate of drug-likeness (QED) is 0.444. The van der Waals surface area contributed by atoms with Crippen LogP contribution in [0.5, 0.6) is 0 Å². The van der Waals surface area contributed by atoms with Crippen molar-refractivity contribution in [2.75, 3.05) is 24.6 Å². The van der Waals surface area contributed by atoms with Crippen LogP contribution in [0, 0.1) is 0 Å². The van der Waals surface area contributed by atoms with Crippen LogP contribution in [0.25, 0.3) is 11.0 Å². The van der Waals surface area contributed by atoms with Crippen molar-refractivity contribution >= 4 is 36.7 Å². The van der Waals surface area contributed by atoms with Crippen molar-refractivity contribution in [1.82, 2.24) is 19.8 Å². The van der Waals surface area contributed by atoms with Crippen LogP contribution in [0.1, 0.15) is 24.8 Å². The van der Waals surface area contributed by atoms with Crippen molar-refractivity contribution < 1.29 is 27.5 Å². The first-order valence-corrected chi connectivity index (χ1v) is 15.6. The standard InChI is InChI=1S/C23H32F3N5O3Si/c1-35(2,3)11-10-34-15-30-9-6-18-20-16(13-27-21(18)30)14-28-22(33)31(20)17-4-7-29(8-5-17)19(32)12-23(24,25)26/h6,9,13,17H,4-5,7-8,10-12,14-15H2,1-3H3,(H,28,33). The van der Waals surface area contributed by atoms with Gasteiger partial charge >= 0.3 is 12.2 Å². The molecule has 2 aromatic heterocycles. The number of anilines is 1. The second-order valence-electron chi connectivity index (χ2n) is 10.4. The van der Waals surface area contributed by atoms with Gasteiger partial charge < -0.3 is 19.5 Å². The molecule has 0 saturated carbocycles. The summed E-state index contributed by atoms with van der Waals surface area (Å²) in [6.45, 7) is 8.65. The minimum Gasteiger partial charge on any atom is -0.361 e. The molecule has 12 heteroatoms. The van der Waals surface area contributed by atoms with E-state index in [1.165, 1.54) is 4.90 Å². The van der Waals surface area contributed by atoms with E-state index < -0.39 is 26.6 Å². The molecule has 192 valence electrons. The second-order valence-corrected chi connectivity index (χ2v) is 16.1. The Bertz CT molecular complexity index is 1090. The number of amides is 3. The number of hydrogen-bond donors (Lipinski definition) is 1. The summed E-state index contributed by atoms with van der Waals surface area (Å²) in [4.78, 5) is 32.5. The molecule has 0 aliphatic carbocycles. The summed E-state index contributed by atoms with van der Waals surface area (Å²) in [5.41, 5.74) is 2.37. The summed E-state index contributed by atoms with van der Waals surface area (Å²) in [5.74, 6) is -0.919. The van der Waals surface area contributed by atoms with Crippen LogP contribution in [0.3, 0.4) is 0 Å². The maximum atomic E-state index is 13.0. The van der Waals surface area contributed by atoms with E-state index in [4.69, 9.17) is 4.74 Å². The van der Waals surface area contributed by atoms with E-state index in [1.54, 1.807) is 11.1 Å². The summed E-state index contributed by atoms with van der Waals surface area (Å²) in [6, 6.07) is 2.51. The molecule has 8 nitrogen and oxygen atoms in total. The first-order valence-electron chi connectivity index (χ1n) is 11.9. The first-order chi connectivity index (χ1) is 16.4. The van der Waals surface area contributed by atoms with E-state index in [0.717, 1.165) is 22.7 Å². The van der Waals surface area contributed by atoms with Crippen LogP contribution in [0.4, 0.5) is 23.7 Å². The normalized spacial score (nSPS) is 17.6. The lowest BCUT2D eigenvalue weighted by Crippen LogP contribution is -2.54. The number of pyridine rings is 1. The molecule has 0 bridgehead atoms. The molecule has 3 amide bonds. The van der Waals surface area contributed by atoms with Gasteiger partial charge in [0.2, 0.25) is 5.91 Å². The van der Waals surface area contributed by atoms with Crippen LogP contribution < -0.4 is 10.2 Å². The van der Waals surface area contributed by atoms with Crippen LogP contribution >= 0.6 is 0 Å². The fraction of sp³-hybridized carbons (Fsp3) is 0.609. The first kappa shape index (κ1) is 25.5. The monoisotopic (exact) mass is 511 g/mol. The number of urea groups is 1. The van der Waals surface area contributed by atoms with E-state index in [2.05, 4.69) is 29.9 Å². The summed E-state index contributed by atoms with van der Waals surface area (Å²) < 4.78 is 45.7. The van der Waals surface area contributed by atoms with E-state index in [9.17, 15) is 22.8 Å². The van der Waals surface area contributed by atoms with Gasteiger partial charge in [-0.25, -0.2) is 9.78 Å². The van der Waals surface area contributed by atoms with Crippen LogP contribution in [0.15, 0.2) is 18.5 Å². The van der Waals surface area contributed by atoms with Crippen molar-refractivity contribution in [3.8, 4) is 0 Å². The Labute approximate surface area is 203 Å². The van der Waals surface area contributed by atoms with Gasteiger partial charge in [-0.1, -0.05) is 19.6 Å². The number of hydrogen-bond acceptors (Lipinski definition) is 4. The Morgan fingerprint density at radius 1 is 1.26 bits per heavy atom. The number of carbonyl (C=O) groups excluding carboxylic acids is 2. The van der Waals surface area contributed by atoms with Gasteiger partial charge in [0.15, 0.2) is 0 Å². The molecule has 0 unspecified atom stereocenters. The Morgan fingerprint density at radius 3 is 2.63 bits per heavy atom. The molecule has 0 atom stereocenters. The van der Waals surface area contributed by atoms with Gasteiger partial charge in [-0.3, -0.25) is 9.69 Å². The highest BCUT2D eigenvalue weighted by molar-refractivity contribution is 6.76. The molecule has 0 aromatic carbocycles. The van der Waals surface area contributed by atoms with Gasteiger partial charge in [-0.2, -0.15) is 13.2 Å². The number of nitrogens with zero attached hydrogens (tertiary/aromatic N) is 4. The molecule has 1 N–H and O–H groups in total. The third-order valence-corrected chi connectivity index (χ3v) is 8.19. The molecule has 4 rings (SSSR count). The number of ether oxygens (including phenoxy) is 1. The average Bonchev–Trinajstić information content (AvgIpc) is 3.18. The molecule has 0 spiro atoms. The van der Waals surface area contributed by atoms with Crippen molar-refractivity contribution in [3.63, 3.8) is 0 Å². The maximum Gasteiger partial charge on any atom is 0.397 e. The van der Waals surface area contributed by atoms with Gasteiger partial charge in [0.1, 0.15) is 18.8 Å². The lowest BCUT2D eigenvalue weighted by atomic mass is 9.99. The summed E-state index contributed by atoms with van der Waals surface area (Å²) in [6.07, 6.45) is -1.52. The number of fused-ring (bicyclic) bond motifs is 3. The van der Waals surface area contributed by atoms with Crippen molar-refractivity contribution in [3.05, 3.63) is 24.0 Å². The average molecular weight is 512 g/mol. The van der Waals surface area contributed by atoms with Gasteiger partial charge in [0.25, 0.3) is 0 Å². The molecular weight excluding hydrogens is 479 g/mol. The maximum absolute atomic E-state index is 13.0. The SMILES string of the molecule is C[Si](C)(C)CCOCn1ccc2c3c(cnc21)CNC(=O)N3C1CCN(C(=O)CC(F)(F)F)CC1. The minimum atomic E-state index is -4.52. The molecular formula is C23H32F3N5O3Si. The molecule has 2 aliphatic rings. The van der Waals surface area contributed by atoms with Crippen molar-refractivity contribution in [2.45, 2.75) is 70.4 Å². The third kappa shape index (κ3) is 5.97. The smallest absolute Gasteiger partial charge is 0.361 e. The summed E-state index contributed by atoms with van der Waals surface area (Å²) >= 11 is 0. The highest BCUT2D eigenvalue weighted by Gasteiger charge is 2.38. The Morgan fingerprint density at radius 2 is 1.97 bits per heavy atom. The zero-order chi connectivity index (χ0) is 25.4.